The fraction of sp³-hybridized carbons (Fsp3) is 0.824. The Labute approximate surface area is 142 Å². The van der Waals surface area contributed by atoms with Crippen molar-refractivity contribution in [2.45, 2.75) is 58.9 Å². The third kappa shape index (κ3) is 7.16. The SMILES string of the molecule is CON(C)C(=O)/C=C/[C@@H](C)[C@@H](O)[C@H](C)CO[Si](C)(C)C(C)(C)C. The third-order valence-electron chi connectivity index (χ3n) is 4.76. The molecule has 0 bridgehead atoms. The fourth-order valence-electron chi connectivity index (χ4n) is 1.72. The highest BCUT2D eigenvalue weighted by molar-refractivity contribution is 6.74. The molecule has 0 heterocycles. The summed E-state index contributed by atoms with van der Waals surface area (Å²) in [6, 6.07) is 0. The zero-order chi connectivity index (χ0) is 18.4. The van der Waals surface area contributed by atoms with E-state index in [1.165, 1.54) is 13.2 Å². The summed E-state index contributed by atoms with van der Waals surface area (Å²) >= 11 is 0. The largest absolute Gasteiger partial charge is 0.416 e. The minimum Gasteiger partial charge on any atom is -0.416 e. The van der Waals surface area contributed by atoms with Gasteiger partial charge in [-0.1, -0.05) is 40.7 Å². The molecule has 3 atom stereocenters. The number of rotatable bonds is 8. The second-order valence-electron chi connectivity index (χ2n) is 7.78. The standard InChI is InChI=1S/C17H35NO4Si/c1-13(10-11-15(19)18(6)21-7)16(20)14(2)12-22-23(8,9)17(3,4)5/h10-11,13-14,16,20H,12H2,1-9H3/b11-10+/t13-,14-,16-/m1/s1. The van der Waals surface area contributed by atoms with E-state index >= 15 is 0 Å². The second kappa shape index (κ2) is 8.96. The molecule has 6 heteroatoms. The highest BCUT2D eigenvalue weighted by atomic mass is 28.4. The summed E-state index contributed by atoms with van der Waals surface area (Å²) in [7, 11) is 1.17. The van der Waals surface area contributed by atoms with Crippen LogP contribution < -0.4 is 0 Å². The molecule has 0 spiro atoms. The highest BCUT2D eigenvalue weighted by Crippen LogP contribution is 2.37. The van der Waals surface area contributed by atoms with Gasteiger partial charge in [0.25, 0.3) is 5.91 Å². The average molecular weight is 346 g/mol. The number of carbonyl (C=O) groups is 1. The van der Waals surface area contributed by atoms with Crippen molar-refractivity contribution in [2.75, 3.05) is 20.8 Å². The molecule has 5 nitrogen and oxygen atoms in total. The maximum absolute atomic E-state index is 11.7. The van der Waals surface area contributed by atoms with Crippen molar-refractivity contribution >= 4 is 14.2 Å². The molecule has 0 saturated carbocycles. The van der Waals surface area contributed by atoms with Crippen molar-refractivity contribution in [3.63, 3.8) is 0 Å². The summed E-state index contributed by atoms with van der Waals surface area (Å²) < 4.78 is 6.17. The number of nitrogens with zero attached hydrogens (tertiary/aromatic N) is 1. The average Bonchev–Trinajstić information content (AvgIpc) is 2.46. The van der Waals surface area contributed by atoms with Crippen LogP contribution in [0.15, 0.2) is 12.2 Å². The molecule has 0 aliphatic heterocycles. The Hall–Kier alpha value is -0.693. The fourth-order valence-corrected chi connectivity index (χ4v) is 2.83. The molecule has 0 aromatic heterocycles. The first-order valence-electron chi connectivity index (χ1n) is 8.15. The minimum absolute atomic E-state index is 0.000897. The number of aliphatic hydroxyl groups is 1. The molecule has 23 heavy (non-hydrogen) atoms. The lowest BCUT2D eigenvalue weighted by molar-refractivity contribution is -0.162. The number of likely N-dealkylation sites (N-methyl/N-ethyl adjacent to an activating group) is 1. The maximum atomic E-state index is 11.7. The number of amides is 1. The van der Waals surface area contributed by atoms with Gasteiger partial charge in [-0.2, -0.15) is 0 Å². The molecule has 0 aliphatic rings. The van der Waals surface area contributed by atoms with Gasteiger partial charge in [-0.25, -0.2) is 5.06 Å². The maximum Gasteiger partial charge on any atom is 0.269 e. The lowest BCUT2D eigenvalue weighted by Gasteiger charge is -2.37. The van der Waals surface area contributed by atoms with Crippen LogP contribution in [-0.2, 0) is 14.1 Å². The first-order chi connectivity index (χ1) is 10.3. The van der Waals surface area contributed by atoms with E-state index in [1.807, 2.05) is 13.8 Å². The first kappa shape index (κ1) is 22.3. The third-order valence-corrected chi connectivity index (χ3v) is 9.26. The van der Waals surface area contributed by atoms with Crippen molar-refractivity contribution in [1.82, 2.24) is 5.06 Å². The van der Waals surface area contributed by atoms with Crippen LogP contribution in [0.4, 0.5) is 0 Å². The molecule has 1 N–H and O–H groups in total. The monoisotopic (exact) mass is 345 g/mol. The van der Waals surface area contributed by atoms with Crippen LogP contribution in [-0.4, -0.2) is 51.3 Å². The van der Waals surface area contributed by atoms with E-state index < -0.39 is 14.4 Å². The predicted octanol–water partition coefficient (Wildman–Crippen LogP) is 3.22. The van der Waals surface area contributed by atoms with Gasteiger partial charge >= 0.3 is 0 Å². The van der Waals surface area contributed by atoms with E-state index in [-0.39, 0.29) is 22.8 Å². The van der Waals surface area contributed by atoms with Crippen LogP contribution >= 0.6 is 0 Å². The topological polar surface area (TPSA) is 59.0 Å². The number of hydrogen-bond acceptors (Lipinski definition) is 4. The van der Waals surface area contributed by atoms with E-state index in [0.717, 1.165) is 5.06 Å². The molecule has 136 valence electrons. The van der Waals surface area contributed by atoms with E-state index in [2.05, 4.69) is 33.9 Å². The van der Waals surface area contributed by atoms with E-state index in [0.29, 0.717) is 6.61 Å². The van der Waals surface area contributed by atoms with Crippen LogP contribution in [0.2, 0.25) is 18.1 Å². The highest BCUT2D eigenvalue weighted by Gasteiger charge is 2.37. The van der Waals surface area contributed by atoms with Gasteiger partial charge < -0.3 is 9.53 Å². The summed E-state index contributed by atoms with van der Waals surface area (Å²) in [5, 5.41) is 11.7. The quantitative estimate of drug-likeness (QED) is 0.417. The Bertz CT molecular complexity index is 404. The van der Waals surface area contributed by atoms with Gasteiger partial charge in [0, 0.05) is 31.6 Å². The molecule has 0 aromatic rings. The second-order valence-corrected chi connectivity index (χ2v) is 12.6. The summed E-state index contributed by atoms with van der Waals surface area (Å²) in [5.74, 6) is -0.391. The van der Waals surface area contributed by atoms with Crippen LogP contribution in [0.1, 0.15) is 34.6 Å². The van der Waals surface area contributed by atoms with Gasteiger partial charge in [-0.3, -0.25) is 9.63 Å². The van der Waals surface area contributed by atoms with Crippen LogP contribution in [0.25, 0.3) is 0 Å². The Kier molecular flexibility index (Phi) is 8.69. The van der Waals surface area contributed by atoms with Crippen molar-refractivity contribution < 1.29 is 19.2 Å². The van der Waals surface area contributed by atoms with Crippen LogP contribution in [0.3, 0.4) is 0 Å². The summed E-state index contributed by atoms with van der Waals surface area (Å²) in [6.07, 6.45) is 2.58. The van der Waals surface area contributed by atoms with Gasteiger partial charge in [0.1, 0.15) is 0 Å². The molecule has 0 aromatic carbocycles. The molecule has 0 unspecified atom stereocenters. The number of carbonyl (C=O) groups excluding carboxylic acids is 1. The van der Waals surface area contributed by atoms with Crippen molar-refractivity contribution in [3.05, 3.63) is 12.2 Å². The molecule has 0 aliphatic carbocycles. The van der Waals surface area contributed by atoms with Gasteiger partial charge in [0.2, 0.25) is 0 Å². The molecular weight excluding hydrogens is 310 g/mol. The van der Waals surface area contributed by atoms with Gasteiger partial charge in [0.15, 0.2) is 8.32 Å². The van der Waals surface area contributed by atoms with Crippen molar-refractivity contribution in [1.29, 1.82) is 0 Å². The van der Waals surface area contributed by atoms with E-state index in [9.17, 15) is 9.90 Å². The molecule has 1 amide bonds. The van der Waals surface area contributed by atoms with Crippen molar-refractivity contribution in [2.24, 2.45) is 11.8 Å². The van der Waals surface area contributed by atoms with Gasteiger partial charge in [-0.15, -0.1) is 0 Å². The molecular formula is C17H35NO4Si. The van der Waals surface area contributed by atoms with Gasteiger partial charge in [-0.05, 0) is 18.1 Å². The molecule has 0 fully saturated rings. The lowest BCUT2D eigenvalue weighted by atomic mass is 9.94. The number of aliphatic hydroxyl groups excluding tert-OH is 1. The first-order valence-corrected chi connectivity index (χ1v) is 11.1. The molecule has 0 rings (SSSR count). The Morgan fingerprint density at radius 2 is 1.83 bits per heavy atom. The summed E-state index contributed by atoms with van der Waals surface area (Å²) in [5.41, 5.74) is 0. The number of hydrogen-bond donors (Lipinski definition) is 1. The van der Waals surface area contributed by atoms with Crippen molar-refractivity contribution in [3.8, 4) is 0 Å². The van der Waals surface area contributed by atoms with Gasteiger partial charge in [0.05, 0.1) is 13.2 Å². The Morgan fingerprint density at radius 1 is 1.30 bits per heavy atom. The Balaban J connectivity index is 4.57. The Morgan fingerprint density at radius 3 is 2.26 bits per heavy atom. The summed E-state index contributed by atoms with van der Waals surface area (Å²) in [6.45, 7) is 15.4. The molecule has 0 radical (unpaired) electrons. The summed E-state index contributed by atoms with van der Waals surface area (Å²) in [4.78, 5) is 16.5. The van der Waals surface area contributed by atoms with E-state index in [1.54, 1.807) is 13.1 Å². The number of hydroxylamine groups is 2. The lowest BCUT2D eigenvalue weighted by Crippen LogP contribution is -2.43. The smallest absolute Gasteiger partial charge is 0.269 e. The zero-order valence-electron chi connectivity index (χ0n) is 16.2. The zero-order valence-corrected chi connectivity index (χ0v) is 17.2. The van der Waals surface area contributed by atoms with E-state index in [4.69, 9.17) is 9.26 Å². The van der Waals surface area contributed by atoms with Crippen LogP contribution in [0.5, 0.6) is 0 Å². The predicted molar refractivity (Wildman–Crippen MR) is 96.4 cm³/mol. The van der Waals surface area contributed by atoms with Crippen LogP contribution in [0, 0.1) is 11.8 Å². The normalized spacial score (nSPS) is 17.1. The minimum atomic E-state index is -1.81. The molecule has 0 saturated heterocycles.